The van der Waals surface area contributed by atoms with Crippen molar-refractivity contribution in [3.05, 3.63) is 35.9 Å². The number of hydrogen-bond acceptors (Lipinski definition) is 2. The van der Waals surface area contributed by atoms with Crippen molar-refractivity contribution in [2.75, 3.05) is 26.3 Å². The van der Waals surface area contributed by atoms with Gasteiger partial charge in [0.25, 0.3) is 0 Å². The van der Waals surface area contributed by atoms with Crippen molar-refractivity contribution in [3.8, 4) is 0 Å². The topological polar surface area (TPSA) is 21.3 Å². The predicted molar refractivity (Wildman–Crippen MR) is 82.7 cm³/mol. The van der Waals surface area contributed by atoms with Crippen LogP contribution in [0.25, 0.3) is 0 Å². The molecule has 0 aliphatic heterocycles. The van der Waals surface area contributed by atoms with E-state index in [1.54, 1.807) is 0 Å². The first-order valence-corrected chi connectivity index (χ1v) is 7.71. The van der Waals surface area contributed by atoms with Crippen LogP contribution in [0.3, 0.4) is 0 Å². The molecule has 0 aliphatic carbocycles. The molecule has 2 nitrogen and oxygen atoms in total. The molecule has 0 bridgehead atoms. The van der Waals surface area contributed by atoms with Crippen LogP contribution < -0.4 is 5.32 Å². The van der Waals surface area contributed by atoms with Crippen LogP contribution in [0.4, 0.5) is 0 Å². The SMILES string of the molecule is CCCNCC(CCCCOCC)c1ccccc1. The smallest absolute Gasteiger partial charge is 0.0465 e. The van der Waals surface area contributed by atoms with Crippen molar-refractivity contribution >= 4 is 0 Å². The summed E-state index contributed by atoms with van der Waals surface area (Å²) < 4.78 is 5.40. The second-order valence-corrected chi connectivity index (χ2v) is 5.00. The first kappa shape index (κ1) is 16.2. The summed E-state index contributed by atoms with van der Waals surface area (Å²) in [6, 6.07) is 10.9. The molecule has 0 fully saturated rings. The van der Waals surface area contributed by atoms with E-state index in [4.69, 9.17) is 4.74 Å². The Morgan fingerprint density at radius 1 is 1.11 bits per heavy atom. The van der Waals surface area contributed by atoms with Gasteiger partial charge in [0, 0.05) is 19.8 Å². The molecule has 0 saturated carbocycles. The lowest BCUT2D eigenvalue weighted by Crippen LogP contribution is -2.22. The normalized spacial score (nSPS) is 12.5. The summed E-state index contributed by atoms with van der Waals surface area (Å²) >= 11 is 0. The summed E-state index contributed by atoms with van der Waals surface area (Å²) in [4.78, 5) is 0. The van der Waals surface area contributed by atoms with E-state index in [-0.39, 0.29) is 0 Å². The zero-order valence-electron chi connectivity index (χ0n) is 12.5. The van der Waals surface area contributed by atoms with Crippen molar-refractivity contribution in [1.29, 1.82) is 0 Å². The lowest BCUT2D eigenvalue weighted by Gasteiger charge is -2.18. The van der Waals surface area contributed by atoms with Gasteiger partial charge < -0.3 is 10.1 Å². The highest BCUT2D eigenvalue weighted by Crippen LogP contribution is 2.21. The molecule has 2 heteroatoms. The highest BCUT2D eigenvalue weighted by atomic mass is 16.5. The zero-order valence-corrected chi connectivity index (χ0v) is 12.5. The first-order chi connectivity index (χ1) is 9.38. The number of unbranched alkanes of at least 4 members (excludes halogenated alkanes) is 1. The monoisotopic (exact) mass is 263 g/mol. The Kier molecular flexibility index (Phi) is 9.38. The zero-order chi connectivity index (χ0) is 13.8. The number of rotatable bonds is 11. The quantitative estimate of drug-likeness (QED) is 0.610. The fourth-order valence-corrected chi connectivity index (χ4v) is 2.30. The molecule has 1 atom stereocenters. The number of hydrogen-bond donors (Lipinski definition) is 1. The standard InChI is InChI=1S/C17H29NO/c1-3-13-18-15-17(12-8-9-14-19-4-2)16-10-6-5-7-11-16/h5-7,10-11,17-18H,3-4,8-9,12-15H2,1-2H3. The molecule has 19 heavy (non-hydrogen) atoms. The third-order valence-corrected chi connectivity index (χ3v) is 3.38. The third kappa shape index (κ3) is 7.34. The molecule has 1 aromatic rings. The fraction of sp³-hybridized carbons (Fsp3) is 0.647. The van der Waals surface area contributed by atoms with Crippen LogP contribution >= 0.6 is 0 Å². The first-order valence-electron chi connectivity index (χ1n) is 7.71. The molecule has 1 unspecified atom stereocenters. The maximum absolute atomic E-state index is 5.40. The molecule has 1 rings (SSSR count). The van der Waals surface area contributed by atoms with Crippen LogP contribution in [0.2, 0.25) is 0 Å². The van der Waals surface area contributed by atoms with E-state index < -0.39 is 0 Å². The lowest BCUT2D eigenvalue weighted by molar-refractivity contribution is 0.142. The third-order valence-electron chi connectivity index (χ3n) is 3.38. The maximum Gasteiger partial charge on any atom is 0.0465 e. The van der Waals surface area contributed by atoms with E-state index in [9.17, 15) is 0 Å². The van der Waals surface area contributed by atoms with E-state index in [0.717, 1.165) is 26.3 Å². The van der Waals surface area contributed by atoms with Gasteiger partial charge >= 0.3 is 0 Å². The Labute approximate surface area is 118 Å². The van der Waals surface area contributed by atoms with E-state index >= 15 is 0 Å². The minimum atomic E-state index is 0.634. The van der Waals surface area contributed by atoms with Gasteiger partial charge in [-0.3, -0.25) is 0 Å². The van der Waals surface area contributed by atoms with Crippen LogP contribution in [0.5, 0.6) is 0 Å². The molecule has 0 heterocycles. The van der Waals surface area contributed by atoms with Gasteiger partial charge in [0.1, 0.15) is 0 Å². The van der Waals surface area contributed by atoms with Gasteiger partial charge in [-0.05, 0) is 44.2 Å². The van der Waals surface area contributed by atoms with E-state index in [0.29, 0.717) is 5.92 Å². The molecule has 0 radical (unpaired) electrons. The molecular formula is C17H29NO. The van der Waals surface area contributed by atoms with Gasteiger partial charge in [-0.15, -0.1) is 0 Å². The summed E-state index contributed by atoms with van der Waals surface area (Å²) in [5, 5.41) is 3.55. The van der Waals surface area contributed by atoms with Crippen molar-refractivity contribution in [2.45, 2.75) is 45.4 Å². The Bertz CT molecular complexity index is 299. The summed E-state index contributed by atoms with van der Waals surface area (Å²) in [6.45, 7) is 8.21. The molecule has 0 aromatic heterocycles. The second-order valence-electron chi connectivity index (χ2n) is 5.00. The van der Waals surface area contributed by atoms with Crippen LogP contribution in [0, 0.1) is 0 Å². The van der Waals surface area contributed by atoms with Crippen LogP contribution in [-0.2, 0) is 4.74 Å². The number of benzene rings is 1. The average molecular weight is 263 g/mol. The van der Waals surface area contributed by atoms with Gasteiger partial charge in [0.05, 0.1) is 0 Å². The fourth-order valence-electron chi connectivity index (χ4n) is 2.30. The molecule has 108 valence electrons. The molecule has 0 saturated heterocycles. The van der Waals surface area contributed by atoms with Gasteiger partial charge in [-0.25, -0.2) is 0 Å². The Morgan fingerprint density at radius 2 is 1.89 bits per heavy atom. The van der Waals surface area contributed by atoms with Gasteiger partial charge in [0.15, 0.2) is 0 Å². The highest BCUT2D eigenvalue weighted by Gasteiger charge is 2.10. The predicted octanol–water partition coefficient (Wildman–Crippen LogP) is 3.98. The minimum Gasteiger partial charge on any atom is -0.382 e. The van der Waals surface area contributed by atoms with Crippen LogP contribution in [0.1, 0.15) is 51.0 Å². The summed E-state index contributed by atoms with van der Waals surface area (Å²) in [5.41, 5.74) is 1.46. The van der Waals surface area contributed by atoms with Crippen molar-refractivity contribution < 1.29 is 4.74 Å². The highest BCUT2D eigenvalue weighted by molar-refractivity contribution is 5.19. The second kappa shape index (κ2) is 11.0. The van der Waals surface area contributed by atoms with Gasteiger partial charge in [-0.2, -0.15) is 0 Å². The largest absolute Gasteiger partial charge is 0.382 e. The summed E-state index contributed by atoms with van der Waals surface area (Å²) in [5.74, 6) is 0.634. The van der Waals surface area contributed by atoms with E-state index in [2.05, 4.69) is 49.5 Å². The number of nitrogens with one attached hydrogen (secondary N) is 1. The lowest BCUT2D eigenvalue weighted by atomic mass is 9.93. The van der Waals surface area contributed by atoms with Crippen LogP contribution in [-0.4, -0.2) is 26.3 Å². The van der Waals surface area contributed by atoms with Crippen molar-refractivity contribution in [2.24, 2.45) is 0 Å². The molecule has 0 spiro atoms. The van der Waals surface area contributed by atoms with E-state index in [1.165, 1.54) is 31.2 Å². The summed E-state index contributed by atoms with van der Waals surface area (Å²) in [7, 11) is 0. The molecule has 1 N–H and O–H groups in total. The Balaban J connectivity index is 2.36. The Morgan fingerprint density at radius 3 is 2.58 bits per heavy atom. The van der Waals surface area contributed by atoms with Crippen molar-refractivity contribution in [1.82, 2.24) is 5.32 Å². The van der Waals surface area contributed by atoms with Crippen LogP contribution in [0.15, 0.2) is 30.3 Å². The average Bonchev–Trinajstić information content (AvgIpc) is 2.46. The summed E-state index contributed by atoms with van der Waals surface area (Å²) in [6.07, 6.45) is 4.86. The molecular weight excluding hydrogens is 234 g/mol. The maximum atomic E-state index is 5.40. The minimum absolute atomic E-state index is 0.634. The van der Waals surface area contributed by atoms with Crippen molar-refractivity contribution in [3.63, 3.8) is 0 Å². The Hall–Kier alpha value is -0.860. The molecule has 1 aromatic carbocycles. The van der Waals surface area contributed by atoms with Gasteiger partial charge in [-0.1, -0.05) is 43.7 Å². The molecule has 0 aliphatic rings. The van der Waals surface area contributed by atoms with E-state index in [1.807, 2.05) is 0 Å². The number of ether oxygens (including phenoxy) is 1. The molecule has 0 amide bonds. The van der Waals surface area contributed by atoms with Gasteiger partial charge in [0.2, 0.25) is 0 Å².